The lowest BCUT2D eigenvalue weighted by Gasteiger charge is -2.12. The lowest BCUT2D eigenvalue weighted by molar-refractivity contribution is 0.0951. The summed E-state index contributed by atoms with van der Waals surface area (Å²) in [7, 11) is -1.36. The highest BCUT2D eigenvalue weighted by atomic mass is 32.2. The zero-order valence-corrected chi connectivity index (χ0v) is 18.3. The summed E-state index contributed by atoms with van der Waals surface area (Å²) in [5.41, 5.74) is 3.30. The molecule has 1 amide bonds. The number of amides is 1. The number of nitrogens with one attached hydrogen (secondary N) is 2. The van der Waals surface area contributed by atoms with E-state index in [-0.39, 0.29) is 28.7 Å². The summed E-state index contributed by atoms with van der Waals surface area (Å²) in [4.78, 5) is 17.1. The number of carbonyl (C=O) groups excluding carboxylic acids is 1. The van der Waals surface area contributed by atoms with Crippen molar-refractivity contribution in [3.05, 3.63) is 59.2 Å². The maximum absolute atomic E-state index is 12.6. The molecule has 7 nitrogen and oxygen atoms in total. The number of rotatable bonds is 5. The van der Waals surface area contributed by atoms with Crippen molar-refractivity contribution in [3.8, 4) is 5.75 Å². The van der Waals surface area contributed by atoms with Crippen LogP contribution >= 0.6 is 11.8 Å². The summed E-state index contributed by atoms with van der Waals surface area (Å²) in [6.45, 7) is 2.37. The van der Waals surface area contributed by atoms with Crippen molar-refractivity contribution in [2.24, 2.45) is 4.99 Å². The number of hydrogen-bond acceptors (Lipinski definition) is 7. The molecule has 0 spiro atoms. The Hall–Kier alpha value is -2.52. The van der Waals surface area contributed by atoms with Crippen molar-refractivity contribution in [2.45, 2.75) is 24.8 Å². The van der Waals surface area contributed by atoms with E-state index < -0.39 is 9.84 Å². The third-order valence-electron chi connectivity index (χ3n) is 5.17. The Morgan fingerprint density at radius 1 is 1.20 bits per heavy atom. The number of thioether (sulfide) groups is 1. The normalized spacial score (nSPS) is 21.6. The molecule has 1 saturated heterocycles. The van der Waals surface area contributed by atoms with E-state index in [2.05, 4.69) is 15.6 Å². The fraction of sp³-hybridized carbons (Fsp3) is 0.333. The van der Waals surface area contributed by atoms with Gasteiger partial charge in [0.05, 0.1) is 24.7 Å². The maximum atomic E-state index is 12.6. The monoisotopic (exact) mass is 445 g/mol. The summed E-state index contributed by atoms with van der Waals surface area (Å²) in [5.74, 6) is 0.888. The standard InChI is InChI=1S/C21H23N3O4S2/c1-13-3-6-15(20(25)22-10-14-4-7-16(28-2)8-5-14)9-17(13)23-21-24-18-11-30(26,27)12-19(18)29-21/h3-9,18-19H,10-12H2,1-2H3,(H,22,25)(H,23,24)/t18-,19-/m0/s1. The molecular weight excluding hydrogens is 422 g/mol. The van der Waals surface area contributed by atoms with Crippen LogP contribution in [0.25, 0.3) is 0 Å². The fourth-order valence-corrected chi connectivity index (χ4v) is 7.12. The molecule has 0 aromatic heterocycles. The molecule has 2 aromatic carbocycles. The van der Waals surface area contributed by atoms with E-state index in [0.29, 0.717) is 17.3 Å². The highest BCUT2D eigenvalue weighted by Gasteiger charge is 2.42. The van der Waals surface area contributed by atoms with Crippen LogP contribution in [0.2, 0.25) is 0 Å². The molecule has 9 heteroatoms. The molecule has 0 radical (unpaired) electrons. The number of benzene rings is 2. The average Bonchev–Trinajstić information content (AvgIpc) is 3.20. The Kier molecular flexibility index (Phi) is 5.75. The lowest BCUT2D eigenvalue weighted by Crippen LogP contribution is -2.23. The van der Waals surface area contributed by atoms with Gasteiger partial charge in [-0.3, -0.25) is 9.79 Å². The SMILES string of the molecule is COc1ccc(CNC(=O)c2ccc(C)c(NC3=N[C@H]4CS(=O)(=O)C[C@@H]4S3)c2)cc1. The number of methoxy groups -OCH3 is 1. The zero-order chi connectivity index (χ0) is 21.3. The molecule has 4 rings (SSSR count). The number of amidine groups is 1. The van der Waals surface area contributed by atoms with E-state index in [4.69, 9.17) is 4.74 Å². The van der Waals surface area contributed by atoms with Gasteiger partial charge in [0.25, 0.3) is 5.91 Å². The van der Waals surface area contributed by atoms with Gasteiger partial charge in [-0.15, -0.1) is 0 Å². The van der Waals surface area contributed by atoms with E-state index in [1.807, 2.05) is 37.3 Å². The van der Waals surface area contributed by atoms with Gasteiger partial charge in [-0.25, -0.2) is 8.42 Å². The number of nitrogens with zero attached hydrogens (tertiary/aromatic N) is 1. The van der Waals surface area contributed by atoms with Crippen LogP contribution in [0.3, 0.4) is 0 Å². The molecule has 0 bridgehead atoms. The second-order valence-corrected chi connectivity index (χ2v) is 10.8. The Morgan fingerprint density at radius 3 is 2.67 bits per heavy atom. The van der Waals surface area contributed by atoms with E-state index in [1.165, 1.54) is 11.8 Å². The largest absolute Gasteiger partial charge is 0.497 e. The highest BCUT2D eigenvalue weighted by molar-refractivity contribution is 8.15. The summed E-state index contributed by atoms with van der Waals surface area (Å²) >= 11 is 1.46. The molecule has 2 aliphatic heterocycles. The molecule has 0 aliphatic carbocycles. The minimum absolute atomic E-state index is 0.0196. The van der Waals surface area contributed by atoms with Gasteiger partial charge in [-0.05, 0) is 42.3 Å². The minimum atomic E-state index is -2.98. The van der Waals surface area contributed by atoms with Crippen LogP contribution in [-0.4, -0.2) is 49.4 Å². The average molecular weight is 446 g/mol. The van der Waals surface area contributed by atoms with Gasteiger partial charge in [0.15, 0.2) is 15.0 Å². The van der Waals surface area contributed by atoms with E-state index in [0.717, 1.165) is 22.6 Å². The number of ether oxygens (including phenoxy) is 1. The first-order chi connectivity index (χ1) is 14.3. The number of fused-ring (bicyclic) bond motifs is 1. The predicted molar refractivity (Wildman–Crippen MR) is 120 cm³/mol. The number of aryl methyl sites for hydroxylation is 1. The molecule has 2 heterocycles. The topological polar surface area (TPSA) is 96.9 Å². The van der Waals surface area contributed by atoms with Crippen LogP contribution in [-0.2, 0) is 16.4 Å². The van der Waals surface area contributed by atoms with Crippen LogP contribution in [0.1, 0.15) is 21.5 Å². The van der Waals surface area contributed by atoms with Crippen LogP contribution in [0.4, 0.5) is 5.69 Å². The molecule has 2 aromatic rings. The summed E-state index contributed by atoms with van der Waals surface area (Å²) in [6, 6.07) is 12.8. The molecule has 1 fully saturated rings. The minimum Gasteiger partial charge on any atom is -0.497 e. The lowest BCUT2D eigenvalue weighted by atomic mass is 10.1. The van der Waals surface area contributed by atoms with Crippen molar-refractivity contribution in [2.75, 3.05) is 23.9 Å². The van der Waals surface area contributed by atoms with Gasteiger partial charge in [0, 0.05) is 23.0 Å². The number of aliphatic imine (C=N–C) groups is 1. The van der Waals surface area contributed by atoms with Crippen molar-refractivity contribution in [1.82, 2.24) is 5.32 Å². The summed E-state index contributed by atoms with van der Waals surface area (Å²) in [5, 5.41) is 6.88. The zero-order valence-electron chi connectivity index (χ0n) is 16.7. The fourth-order valence-electron chi connectivity index (χ4n) is 3.46. The number of carbonyl (C=O) groups is 1. The molecule has 30 heavy (non-hydrogen) atoms. The van der Waals surface area contributed by atoms with E-state index in [9.17, 15) is 13.2 Å². The Bertz CT molecular complexity index is 1100. The smallest absolute Gasteiger partial charge is 0.251 e. The van der Waals surface area contributed by atoms with Gasteiger partial charge in [0.2, 0.25) is 0 Å². The second kappa shape index (κ2) is 8.31. The van der Waals surface area contributed by atoms with Crippen molar-refractivity contribution in [1.29, 1.82) is 0 Å². The summed E-state index contributed by atoms with van der Waals surface area (Å²) < 4.78 is 28.6. The van der Waals surface area contributed by atoms with Crippen molar-refractivity contribution >= 4 is 38.4 Å². The summed E-state index contributed by atoms with van der Waals surface area (Å²) in [6.07, 6.45) is 0. The van der Waals surface area contributed by atoms with Crippen molar-refractivity contribution < 1.29 is 17.9 Å². The molecule has 2 N–H and O–H groups in total. The molecule has 2 atom stereocenters. The molecule has 158 valence electrons. The number of anilines is 1. The van der Waals surface area contributed by atoms with Crippen LogP contribution in [0, 0.1) is 6.92 Å². The maximum Gasteiger partial charge on any atom is 0.251 e. The highest BCUT2D eigenvalue weighted by Crippen LogP contribution is 2.35. The van der Waals surface area contributed by atoms with Gasteiger partial charge in [-0.2, -0.15) is 0 Å². The number of hydrogen-bond donors (Lipinski definition) is 2. The molecule has 2 aliphatic rings. The third kappa shape index (κ3) is 4.62. The first kappa shape index (κ1) is 20.7. The Labute approximate surface area is 180 Å². The quantitative estimate of drug-likeness (QED) is 0.734. The van der Waals surface area contributed by atoms with E-state index >= 15 is 0 Å². The van der Waals surface area contributed by atoms with Gasteiger partial charge >= 0.3 is 0 Å². The Morgan fingerprint density at radius 2 is 1.97 bits per heavy atom. The third-order valence-corrected chi connectivity index (χ3v) is 8.31. The van der Waals surface area contributed by atoms with Gasteiger partial charge in [-0.1, -0.05) is 30.0 Å². The van der Waals surface area contributed by atoms with Gasteiger partial charge < -0.3 is 15.4 Å². The second-order valence-electron chi connectivity index (χ2n) is 7.42. The first-order valence-electron chi connectivity index (χ1n) is 9.57. The van der Waals surface area contributed by atoms with Crippen LogP contribution in [0.5, 0.6) is 5.75 Å². The Balaban J connectivity index is 1.41. The number of sulfone groups is 1. The van der Waals surface area contributed by atoms with Crippen LogP contribution < -0.4 is 15.4 Å². The van der Waals surface area contributed by atoms with Gasteiger partial charge in [0.1, 0.15) is 5.75 Å². The van der Waals surface area contributed by atoms with E-state index in [1.54, 1.807) is 19.2 Å². The predicted octanol–water partition coefficient (Wildman–Crippen LogP) is 2.61. The first-order valence-corrected chi connectivity index (χ1v) is 12.3. The van der Waals surface area contributed by atoms with Crippen molar-refractivity contribution in [3.63, 3.8) is 0 Å². The van der Waals surface area contributed by atoms with Crippen LogP contribution in [0.15, 0.2) is 47.5 Å². The molecule has 0 unspecified atom stereocenters. The molecule has 0 saturated carbocycles. The molecular formula is C21H23N3O4S2.